The SMILES string of the molecule is O=S(=O)(c1cccc(Cl)c1)C1CCC1. The van der Waals surface area contributed by atoms with Gasteiger partial charge in [-0.15, -0.1) is 0 Å². The van der Waals surface area contributed by atoms with Crippen molar-refractivity contribution >= 4 is 21.4 Å². The van der Waals surface area contributed by atoms with Crippen LogP contribution >= 0.6 is 11.6 Å². The molecule has 0 radical (unpaired) electrons. The van der Waals surface area contributed by atoms with Crippen molar-refractivity contribution in [1.29, 1.82) is 0 Å². The van der Waals surface area contributed by atoms with E-state index in [0.29, 0.717) is 9.92 Å². The highest BCUT2D eigenvalue weighted by Gasteiger charge is 2.32. The number of hydrogen-bond acceptors (Lipinski definition) is 2. The smallest absolute Gasteiger partial charge is 0.181 e. The molecule has 1 fully saturated rings. The largest absolute Gasteiger partial charge is 0.223 e. The summed E-state index contributed by atoms with van der Waals surface area (Å²) < 4.78 is 23.8. The summed E-state index contributed by atoms with van der Waals surface area (Å²) in [7, 11) is -3.11. The molecule has 0 bridgehead atoms. The Labute approximate surface area is 88.8 Å². The lowest BCUT2D eigenvalue weighted by Crippen LogP contribution is -2.28. The molecule has 0 heterocycles. The van der Waals surface area contributed by atoms with Gasteiger partial charge in [-0.2, -0.15) is 0 Å². The topological polar surface area (TPSA) is 34.1 Å². The van der Waals surface area contributed by atoms with Crippen molar-refractivity contribution < 1.29 is 8.42 Å². The lowest BCUT2D eigenvalue weighted by molar-refractivity contribution is 0.477. The number of hydrogen-bond donors (Lipinski definition) is 0. The zero-order chi connectivity index (χ0) is 10.2. The Kier molecular flexibility index (Phi) is 2.54. The van der Waals surface area contributed by atoms with E-state index in [1.807, 2.05) is 0 Å². The summed E-state index contributed by atoms with van der Waals surface area (Å²) in [6, 6.07) is 6.49. The van der Waals surface area contributed by atoms with E-state index < -0.39 is 9.84 Å². The van der Waals surface area contributed by atoms with Crippen LogP contribution in [0, 0.1) is 0 Å². The van der Waals surface area contributed by atoms with Gasteiger partial charge in [0, 0.05) is 5.02 Å². The normalized spacial score (nSPS) is 17.8. The molecule has 1 aliphatic rings. The van der Waals surface area contributed by atoms with E-state index in [9.17, 15) is 8.42 Å². The number of halogens is 1. The number of sulfone groups is 1. The highest BCUT2D eigenvalue weighted by molar-refractivity contribution is 7.92. The minimum atomic E-state index is -3.11. The van der Waals surface area contributed by atoms with E-state index in [2.05, 4.69) is 0 Å². The van der Waals surface area contributed by atoms with Crippen LogP contribution in [0.2, 0.25) is 5.02 Å². The first-order valence-electron chi connectivity index (χ1n) is 4.60. The van der Waals surface area contributed by atoms with Crippen molar-refractivity contribution in [2.24, 2.45) is 0 Å². The minimum absolute atomic E-state index is 0.180. The Morgan fingerprint density at radius 2 is 2.00 bits per heavy atom. The highest BCUT2D eigenvalue weighted by atomic mass is 35.5. The molecule has 0 N–H and O–H groups in total. The Morgan fingerprint density at radius 1 is 1.29 bits per heavy atom. The summed E-state index contributed by atoms with van der Waals surface area (Å²) in [6.07, 6.45) is 2.59. The van der Waals surface area contributed by atoms with E-state index in [4.69, 9.17) is 11.6 Å². The van der Waals surface area contributed by atoms with Gasteiger partial charge in [-0.05, 0) is 31.0 Å². The highest BCUT2D eigenvalue weighted by Crippen LogP contribution is 2.31. The van der Waals surface area contributed by atoms with Crippen LogP contribution in [0.4, 0.5) is 0 Å². The molecule has 0 atom stereocenters. The van der Waals surface area contributed by atoms with Gasteiger partial charge in [0.15, 0.2) is 9.84 Å². The predicted octanol–water partition coefficient (Wildman–Crippen LogP) is 2.67. The maximum absolute atomic E-state index is 11.9. The summed E-state index contributed by atoms with van der Waals surface area (Å²) in [5, 5.41) is 0.298. The molecule has 2 nitrogen and oxygen atoms in total. The van der Waals surface area contributed by atoms with Crippen LogP contribution in [0.15, 0.2) is 29.2 Å². The van der Waals surface area contributed by atoms with Crippen LogP contribution in [-0.4, -0.2) is 13.7 Å². The van der Waals surface area contributed by atoms with Crippen LogP contribution in [0.1, 0.15) is 19.3 Å². The Bertz CT molecular complexity index is 435. The van der Waals surface area contributed by atoms with E-state index in [-0.39, 0.29) is 5.25 Å². The molecule has 0 spiro atoms. The Balaban J connectivity index is 2.38. The summed E-state index contributed by atoms with van der Waals surface area (Å²) in [4.78, 5) is 0.356. The molecule has 1 aromatic rings. The van der Waals surface area contributed by atoms with Gasteiger partial charge in [0.05, 0.1) is 10.1 Å². The molecule has 1 aliphatic carbocycles. The molecule has 0 amide bonds. The molecule has 0 aliphatic heterocycles. The maximum Gasteiger partial charge on any atom is 0.181 e. The lowest BCUT2D eigenvalue weighted by atomic mass is 10.00. The van der Waals surface area contributed by atoms with Crippen LogP contribution in [0.5, 0.6) is 0 Å². The fraction of sp³-hybridized carbons (Fsp3) is 0.400. The minimum Gasteiger partial charge on any atom is -0.223 e. The summed E-state index contributed by atoms with van der Waals surface area (Å²) >= 11 is 5.75. The second-order valence-electron chi connectivity index (χ2n) is 3.56. The Morgan fingerprint density at radius 3 is 2.50 bits per heavy atom. The molecule has 1 saturated carbocycles. The van der Waals surface area contributed by atoms with E-state index >= 15 is 0 Å². The van der Waals surface area contributed by atoms with Gasteiger partial charge in [-0.25, -0.2) is 8.42 Å². The molecule has 76 valence electrons. The zero-order valence-corrected chi connectivity index (χ0v) is 9.18. The first-order valence-corrected chi connectivity index (χ1v) is 6.52. The molecule has 4 heteroatoms. The molecule has 0 unspecified atom stereocenters. The Hall–Kier alpha value is -0.540. The molecule has 14 heavy (non-hydrogen) atoms. The molecule has 2 rings (SSSR count). The fourth-order valence-corrected chi connectivity index (χ4v) is 3.67. The molecule has 0 aromatic heterocycles. The first kappa shape index (κ1) is 9.99. The van der Waals surface area contributed by atoms with Crippen molar-refractivity contribution in [2.45, 2.75) is 29.4 Å². The third-order valence-corrected chi connectivity index (χ3v) is 5.11. The van der Waals surface area contributed by atoms with E-state index in [0.717, 1.165) is 19.3 Å². The van der Waals surface area contributed by atoms with Crippen molar-refractivity contribution in [3.05, 3.63) is 29.3 Å². The lowest BCUT2D eigenvalue weighted by Gasteiger charge is -2.25. The van der Waals surface area contributed by atoms with Crippen molar-refractivity contribution in [3.8, 4) is 0 Å². The molecule has 0 saturated heterocycles. The van der Waals surface area contributed by atoms with Crippen molar-refractivity contribution in [3.63, 3.8) is 0 Å². The standard InChI is InChI=1S/C10H11ClO2S/c11-8-3-1-6-10(7-8)14(12,13)9-4-2-5-9/h1,3,6-7,9H,2,4-5H2. The first-order chi connectivity index (χ1) is 6.60. The van der Waals surface area contributed by atoms with Crippen LogP contribution < -0.4 is 0 Å². The van der Waals surface area contributed by atoms with E-state index in [1.165, 1.54) is 6.07 Å². The average molecular weight is 231 g/mol. The maximum atomic E-state index is 11.9. The third-order valence-electron chi connectivity index (χ3n) is 2.62. The van der Waals surface area contributed by atoms with Crippen LogP contribution in [-0.2, 0) is 9.84 Å². The summed E-state index contributed by atoms with van der Waals surface area (Å²) in [5.41, 5.74) is 0. The second kappa shape index (κ2) is 3.55. The average Bonchev–Trinajstić information content (AvgIpc) is 2.00. The quantitative estimate of drug-likeness (QED) is 0.783. The number of rotatable bonds is 2. The molecular weight excluding hydrogens is 220 g/mol. The van der Waals surface area contributed by atoms with Crippen molar-refractivity contribution in [2.75, 3.05) is 0 Å². The third kappa shape index (κ3) is 1.66. The zero-order valence-electron chi connectivity index (χ0n) is 7.61. The van der Waals surface area contributed by atoms with Crippen LogP contribution in [0.25, 0.3) is 0 Å². The molecular formula is C10H11ClO2S. The monoisotopic (exact) mass is 230 g/mol. The predicted molar refractivity (Wildman–Crippen MR) is 56.3 cm³/mol. The van der Waals surface area contributed by atoms with Gasteiger partial charge < -0.3 is 0 Å². The summed E-state index contributed by atoms with van der Waals surface area (Å²) in [6.45, 7) is 0. The van der Waals surface area contributed by atoms with Gasteiger partial charge in [-0.1, -0.05) is 24.1 Å². The fourth-order valence-electron chi connectivity index (χ4n) is 1.52. The summed E-state index contributed by atoms with van der Waals surface area (Å²) in [5.74, 6) is 0. The van der Waals surface area contributed by atoms with Crippen LogP contribution in [0.3, 0.4) is 0 Å². The molecule has 1 aromatic carbocycles. The van der Waals surface area contributed by atoms with Crippen molar-refractivity contribution in [1.82, 2.24) is 0 Å². The number of benzene rings is 1. The van der Waals surface area contributed by atoms with Gasteiger partial charge in [-0.3, -0.25) is 0 Å². The van der Waals surface area contributed by atoms with Gasteiger partial charge >= 0.3 is 0 Å². The van der Waals surface area contributed by atoms with Gasteiger partial charge in [0.25, 0.3) is 0 Å². The van der Waals surface area contributed by atoms with Gasteiger partial charge in [0.2, 0.25) is 0 Å². The van der Waals surface area contributed by atoms with Gasteiger partial charge in [0.1, 0.15) is 0 Å². The second-order valence-corrected chi connectivity index (χ2v) is 6.22. The van der Waals surface area contributed by atoms with E-state index in [1.54, 1.807) is 18.2 Å².